The van der Waals surface area contributed by atoms with E-state index in [-0.39, 0.29) is 28.3 Å². The molecule has 1 radical (unpaired) electrons. The summed E-state index contributed by atoms with van der Waals surface area (Å²) in [4.78, 5) is 0. The van der Waals surface area contributed by atoms with Crippen molar-refractivity contribution < 1.29 is 0 Å². The molecule has 11 heavy (non-hydrogen) atoms. The summed E-state index contributed by atoms with van der Waals surface area (Å²) in [6, 6.07) is 0. The molecule has 6 unspecified atom stereocenters. The zero-order chi connectivity index (χ0) is 9.02. The first kappa shape index (κ1) is 15.4. The number of hydrogen-bond donors (Lipinski definition) is 0. The van der Waals surface area contributed by atoms with Crippen molar-refractivity contribution >= 4 is 88.6 Å². The van der Waals surface area contributed by atoms with E-state index in [1.54, 1.807) is 0 Å². The Bertz CT molecular complexity index is 87.0. The first-order chi connectivity index (χ1) is 4.95. The number of hydrogen-bond acceptors (Lipinski definition) is 0. The van der Waals surface area contributed by atoms with E-state index in [4.69, 9.17) is 0 Å². The lowest BCUT2D eigenvalue weighted by Crippen LogP contribution is -1.67. The van der Waals surface area contributed by atoms with Gasteiger partial charge in [-0.25, -0.2) is 0 Å². The summed E-state index contributed by atoms with van der Waals surface area (Å²) in [5.41, 5.74) is 0. The summed E-state index contributed by atoms with van der Waals surface area (Å²) in [7, 11) is 17.6. The van der Waals surface area contributed by atoms with Gasteiger partial charge in [0.2, 0.25) is 6.72 Å². The molecule has 0 aromatic heterocycles. The van der Waals surface area contributed by atoms with Crippen LogP contribution in [0.3, 0.4) is 0 Å². The van der Waals surface area contributed by atoms with E-state index >= 15 is 0 Å². The standard InChI is InChI=1S/BH12P10/c2-8(3)1-9(10(4)5)11(6)7/h2-7H2. The summed E-state index contributed by atoms with van der Waals surface area (Å²) in [5, 5.41) is 0. The average Bonchev–Trinajstić information content (AvgIpc) is 1.81. The summed E-state index contributed by atoms with van der Waals surface area (Å²) in [5.74, 6) is 0. The third kappa shape index (κ3) is 8.20. The third-order valence-electron chi connectivity index (χ3n) is 0.710. The first-order valence-corrected chi connectivity index (χ1v) is 19.1. The molecule has 0 rings (SSSR count). The quantitative estimate of drug-likeness (QED) is 0.501. The van der Waals surface area contributed by atoms with Crippen molar-refractivity contribution in [3.8, 4) is 0 Å². The molecule has 0 aliphatic heterocycles. The molecule has 0 aliphatic rings. The first-order valence-electron chi connectivity index (χ1n) is 2.47. The van der Waals surface area contributed by atoms with Crippen molar-refractivity contribution in [2.45, 2.75) is 0 Å². The summed E-state index contributed by atoms with van der Waals surface area (Å²) in [6.07, 6.45) is 0. The van der Waals surface area contributed by atoms with Crippen LogP contribution >= 0.6 is 81.9 Å². The summed E-state index contributed by atoms with van der Waals surface area (Å²) < 4.78 is 0. The van der Waals surface area contributed by atoms with Crippen LogP contribution in [0.25, 0.3) is 0 Å². The van der Waals surface area contributed by atoms with Gasteiger partial charge in [-0.05, 0) is 14.0 Å². The molecular weight excluding hydrogens is 321 g/mol. The maximum absolute atomic E-state index is 2.94. The fourth-order valence-electron chi connectivity index (χ4n) is 0.358. The predicted octanol–water partition coefficient (Wildman–Crippen LogP) is 5.02. The lowest BCUT2D eigenvalue weighted by molar-refractivity contribution is 4.42. The van der Waals surface area contributed by atoms with Gasteiger partial charge in [-0.3, -0.25) is 0 Å². The van der Waals surface area contributed by atoms with Crippen molar-refractivity contribution in [2.75, 3.05) is 0 Å². The Kier molecular flexibility index (Phi) is 11.9. The minimum atomic E-state index is 0.0115. The number of rotatable bonds is 4. The van der Waals surface area contributed by atoms with Crippen LogP contribution in [0.5, 0.6) is 0 Å². The van der Waals surface area contributed by atoms with Crippen LogP contribution in [0.4, 0.5) is 0 Å². The second-order valence-corrected chi connectivity index (χ2v) is 32.8. The van der Waals surface area contributed by atoms with Gasteiger partial charge in [-0.2, -0.15) is 0 Å². The Morgan fingerprint density at radius 1 is 0.727 bits per heavy atom. The van der Waals surface area contributed by atoms with Gasteiger partial charge in [-0.15, -0.1) is 60.7 Å². The van der Waals surface area contributed by atoms with Gasteiger partial charge in [0, 0.05) is 0 Å². The van der Waals surface area contributed by atoms with Crippen molar-refractivity contribution in [1.29, 1.82) is 0 Å². The van der Waals surface area contributed by atoms with Crippen LogP contribution < -0.4 is 0 Å². The van der Waals surface area contributed by atoms with Crippen molar-refractivity contribution in [2.24, 2.45) is 0 Å². The highest BCUT2D eigenvalue weighted by molar-refractivity contribution is 9.04. The molecule has 0 bridgehead atoms. The molecule has 0 nitrogen and oxygen atoms in total. The topological polar surface area (TPSA) is 0 Å². The fraction of sp³-hybridized carbons (Fsp3) is 0. The molecule has 11 heteroatoms. The second-order valence-electron chi connectivity index (χ2n) is 1.64. The Balaban J connectivity index is 3.90. The van der Waals surface area contributed by atoms with E-state index in [0.717, 1.165) is 0 Å². The average molecular weight is 333 g/mol. The van der Waals surface area contributed by atoms with Gasteiger partial charge in [0.1, 0.15) is 0 Å². The van der Waals surface area contributed by atoms with Crippen molar-refractivity contribution in [1.82, 2.24) is 0 Å². The Morgan fingerprint density at radius 2 is 1.09 bits per heavy atom. The van der Waals surface area contributed by atoms with E-state index in [9.17, 15) is 0 Å². The van der Waals surface area contributed by atoms with Crippen LogP contribution in [0.1, 0.15) is 0 Å². The van der Waals surface area contributed by atoms with Crippen LogP contribution in [0.15, 0.2) is 0 Å². The SMILES string of the molecule is PP(P)[B]P(P(P)P)P(P)P. The van der Waals surface area contributed by atoms with Crippen molar-refractivity contribution in [3.63, 3.8) is 0 Å². The molecule has 0 saturated heterocycles. The smallest absolute Gasteiger partial charge is 0.116 e. The van der Waals surface area contributed by atoms with E-state index in [0.29, 0.717) is 0 Å². The van der Waals surface area contributed by atoms with E-state index < -0.39 is 0 Å². The van der Waals surface area contributed by atoms with Gasteiger partial charge in [0.15, 0.2) is 0 Å². The fourth-order valence-corrected chi connectivity index (χ4v) is 48.3. The third-order valence-corrected chi connectivity index (χ3v) is 30.3. The minimum absolute atomic E-state index is 0.0115. The maximum Gasteiger partial charge on any atom is 0.204 e. The molecule has 0 fully saturated rings. The minimum Gasteiger partial charge on any atom is -0.116 e. The Morgan fingerprint density at radius 3 is 1.18 bits per heavy atom. The lowest BCUT2D eigenvalue weighted by atomic mass is 10.7. The highest BCUT2D eigenvalue weighted by Crippen LogP contribution is 2.98. The normalized spacial score (nSPS) is 12.2. The van der Waals surface area contributed by atoms with Crippen LogP contribution in [0.2, 0.25) is 0 Å². The van der Waals surface area contributed by atoms with E-state index in [2.05, 4.69) is 60.3 Å². The van der Waals surface area contributed by atoms with Crippen molar-refractivity contribution in [3.05, 3.63) is 0 Å². The van der Waals surface area contributed by atoms with Crippen LogP contribution in [0, 0.1) is 0 Å². The van der Waals surface area contributed by atoms with Gasteiger partial charge in [-0.1, -0.05) is 7.18 Å². The zero-order valence-corrected chi connectivity index (χ0v) is 16.3. The maximum atomic E-state index is 2.94. The molecule has 0 amide bonds. The molecule has 0 aliphatic carbocycles. The molecular formula is H12BP10. The molecule has 0 spiro atoms. The Hall–Kier alpha value is 4.36. The summed E-state index contributed by atoms with van der Waals surface area (Å²) >= 11 is 0. The molecule has 0 N–H and O–H groups in total. The molecule has 0 aromatic carbocycles. The molecule has 0 saturated carbocycles. The Labute approximate surface area is 88.4 Å². The summed E-state index contributed by atoms with van der Waals surface area (Å²) in [6.45, 7) is 2.68. The highest BCUT2D eigenvalue weighted by Gasteiger charge is 2.19. The van der Waals surface area contributed by atoms with E-state index in [1.165, 1.54) is 0 Å². The molecule has 65 valence electrons. The van der Waals surface area contributed by atoms with Gasteiger partial charge >= 0.3 is 0 Å². The molecule has 0 heterocycles. The van der Waals surface area contributed by atoms with Gasteiger partial charge in [0.25, 0.3) is 0 Å². The second kappa shape index (κ2) is 8.51. The highest BCUT2D eigenvalue weighted by atomic mass is 33.0. The van der Waals surface area contributed by atoms with Crippen LogP contribution in [-0.4, -0.2) is 6.72 Å². The molecule has 6 atom stereocenters. The zero-order valence-electron chi connectivity index (χ0n) is 5.83. The monoisotopic (exact) mass is 333 g/mol. The predicted molar refractivity (Wildman–Crippen MR) is 91.7 cm³/mol. The molecule has 0 aromatic rings. The largest absolute Gasteiger partial charge is 0.204 e. The van der Waals surface area contributed by atoms with Gasteiger partial charge in [0.05, 0.1) is 0 Å². The van der Waals surface area contributed by atoms with Gasteiger partial charge < -0.3 is 0 Å². The lowest BCUT2D eigenvalue weighted by Gasteiger charge is -2.25. The van der Waals surface area contributed by atoms with E-state index in [1.807, 2.05) is 0 Å². The van der Waals surface area contributed by atoms with Crippen LogP contribution in [-0.2, 0) is 0 Å².